The number of aromatic nitrogens is 2. The Morgan fingerprint density at radius 3 is 2.35 bits per heavy atom. The number of carbonyl (C=O) groups is 2. The van der Waals surface area contributed by atoms with Gasteiger partial charge in [0.2, 0.25) is 0 Å². The first kappa shape index (κ1) is 26.5. The zero-order valence-electron chi connectivity index (χ0n) is 22.2. The van der Waals surface area contributed by atoms with E-state index < -0.39 is 12.0 Å². The minimum absolute atomic E-state index is 0.172. The van der Waals surface area contributed by atoms with Gasteiger partial charge in [-0.05, 0) is 42.0 Å². The Hall–Kier alpha value is -5.11. The van der Waals surface area contributed by atoms with Crippen LogP contribution in [0.5, 0.6) is 11.5 Å². The van der Waals surface area contributed by atoms with Gasteiger partial charge in [-0.1, -0.05) is 54.6 Å². The molecule has 0 aliphatic carbocycles. The van der Waals surface area contributed by atoms with E-state index in [1.54, 1.807) is 55.6 Å². The van der Waals surface area contributed by atoms with E-state index >= 15 is 0 Å². The average molecular weight is 536 g/mol. The SMILES string of the molecule is COc1ccc2nc(COc3ccc(CC(Nc4ccccc4C(=O)c4ccccc4)C(=O)O)cc3)n(C)c2c1. The lowest BCUT2D eigenvalue weighted by Gasteiger charge is -2.18. The number of hydrogen-bond acceptors (Lipinski definition) is 6. The number of aliphatic carboxylic acids is 1. The summed E-state index contributed by atoms with van der Waals surface area (Å²) < 4.78 is 13.2. The molecule has 0 saturated heterocycles. The van der Waals surface area contributed by atoms with Crippen LogP contribution >= 0.6 is 0 Å². The molecule has 8 heteroatoms. The molecule has 4 aromatic carbocycles. The quantitative estimate of drug-likeness (QED) is 0.215. The van der Waals surface area contributed by atoms with Gasteiger partial charge in [0.25, 0.3) is 0 Å². The summed E-state index contributed by atoms with van der Waals surface area (Å²) in [4.78, 5) is 29.9. The van der Waals surface area contributed by atoms with E-state index in [1.807, 2.05) is 60.1 Å². The maximum atomic E-state index is 13.1. The van der Waals surface area contributed by atoms with E-state index in [4.69, 9.17) is 9.47 Å². The van der Waals surface area contributed by atoms with Crippen molar-refractivity contribution >= 4 is 28.5 Å². The number of para-hydroxylation sites is 1. The second-order valence-electron chi connectivity index (χ2n) is 9.35. The molecule has 1 unspecified atom stereocenters. The highest BCUT2D eigenvalue weighted by Gasteiger charge is 2.21. The standard InChI is InChI=1S/C32H29N3O5/c1-35-29-19-24(39-2)16-17-27(29)34-30(35)20-40-23-14-12-21(13-15-23)18-28(32(37)38)33-26-11-7-6-10-25(26)31(36)22-8-4-3-5-9-22/h3-17,19,28,33H,18,20H2,1-2H3,(H,37,38). The van der Waals surface area contributed by atoms with Crippen LogP contribution < -0.4 is 14.8 Å². The Morgan fingerprint density at radius 2 is 1.62 bits per heavy atom. The number of rotatable bonds is 11. The summed E-state index contributed by atoms with van der Waals surface area (Å²) in [7, 11) is 3.56. The third kappa shape index (κ3) is 5.81. The maximum absolute atomic E-state index is 13.1. The largest absolute Gasteiger partial charge is 0.497 e. The first-order chi connectivity index (χ1) is 19.4. The molecule has 0 radical (unpaired) electrons. The van der Waals surface area contributed by atoms with Gasteiger partial charge in [-0.25, -0.2) is 9.78 Å². The summed E-state index contributed by atoms with van der Waals surface area (Å²) in [6.07, 6.45) is 0.218. The number of benzene rings is 4. The number of nitrogens with zero attached hydrogens (tertiary/aromatic N) is 2. The molecule has 1 atom stereocenters. The predicted molar refractivity (Wildman–Crippen MR) is 153 cm³/mol. The van der Waals surface area contributed by atoms with E-state index in [1.165, 1.54) is 0 Å². The van der Waals surface area contributed by atoms with Gasteiger partial charge in [-0.3, -0.25) is 4.79 Å². The topological polar surface area (TPSA) is 103 Å². The molecule has 0 bridgehead atoms. The molecule has 8 nitrogen and oxygen atoms in total. The van der Waals surface area contributed by atoms with Crippen molar-refractivity contribution in [2.75, 3.05) is 12.4 Å². The van der Waals surface area contributed by atoms with Crippen molar-refractivity contribution in [3.63, 3.8) is 0 Å². The van der Waals surface area contributed by atoms with Crippen molar-refractivity contribution in [2.45, 2.75) is 19.1 Å². The number of methoxy groups -OCH3 is 1. The van der Waals surface area contributed by atoms with Crippen LogP contribution in [0.1, 0.15) is 27.3 Å². The van der Waals surface area contributed by atoms with Gasteiger partial charge >= 0.3 is 5.97 Å². The van der Waals surface area contributed by atoms with Crippen LogP contribution in [-0.2, 0) is 24.9 Å². The molecule has 5 rings (SSSR count). The first-order valence-corrected chi connectivity index (χ1v) is 12.8. The zero-order valence-corrected chi connectivity index (χ0v) is 22.2. The van der Waals surface area contributed by atoms with Crippen molar-refractivity contribution < 1.29 is 24.2 Å². The second kappa shape index (κ2) is 11.7. The molecule has 1 aromatic heterocycles. The van der Waals surface area contributed by atoms with Crippen LogP contribution in [0, 0.1) is 0 Å². The number of nitrogens with one attached hydrogen (secondary N) is 1. The molecule has 5 aromatic rings. The molecule has 202 valence electrons. The fourth-order valence-electron chi connectivity index (χ4n) is 4.52. The molecule has 1 heterocycles. The number of ketones is 1. The van der Waals surface area contributed by atoms with Crippen LogP contribution in [0.3, 0.4) is 0 Å². The lowest BCUT2D eigenvalue weighted by Crippen LogP contribution is -2.32. The maximum Gasteiger partial charge on any atom is 0.326 e. The number of aryl methyl sites for hydroxylation is 1. The number of carboxylic acids is 1. The number of carboxylic acid groups (broad SMARTS) is 1. The number of ether oxygens (including phenoxy) is 2. The summed E-state index contributed by atoms with van der Waals surface area (Å²) in [5.41, 5.74) is 4.06. The number of imidazole rings is 1. The van der Waals surface area contributed by atoms with E-state index in [0.717, 1.165) is 28.2 Å². The highest BCUT2D eigenvalue weighted by molar-refractivity contribution is 6.12. The van der Waals surface area contributed by atoms with E-state index in [0.29, 0.717) is 22.6 Å². The van der Waals surface area contributed by atoms with E-state index in [-0.39, 0.29) is 18.8 Å². The Morgan fingerprint density at radius 1 is 0.925 bits per heavy atom. The number of fused-ring (bicyclic) bond motifs is 1. The first-order valence-electron chi connectivity index (χ1n) is 12.8. The minimum Gasteiger partial charge on any atom is -0.497 e. The number of carbonyl (C=O) groups excluding carboxylic acids is 1. The van der Waals surface area contributed by atoms with Crippen molar-refractivity contribution in [1.29, 1.82) is 0 Å². The monoisotopic (exact) mass is 535 g/mol. The lowest BCUT2D eigenvalue weighted by atomic mass is 10.00. The van der Waals surface area contributed by atoms with Gasteiger partial charge in [-0.2, -0.15) is 0 Å². The highest BCUT2D eigenvalue weighted by Crippen LogP contribution is 2.24. The van der Waals surface area contributed by atoms with Gasteiger partial charge in [0, 0.05) is 36.3 Å². The smallest absolute Gasteiger partial charge is 0.326 e. The highest BCUT2D eigenvalue weighted by atomic mass is 16.5. The third-order valence-corrected chi connectivity index (χ3v) is 6.75. The molecule has 0 spiro atoms. The molecule has 0 aliphatic heterocycles. The molecule has 0 amide bonds. The predicted octanol–water partition coefficient (Wildman–Crippen LogP) is 5.50. The second-order valence-corrected chi connectivity index (χ2v) is 9.35. The van der Waals surface area contributed by atoms with Crippen LogP contribution in [0.2, 0.25) is 0 Å². The van der Waals surface area contributed by atoms with Gasteiger partial charge < -0.3 is 24.5 Å². The third-order valence-electron chi connectivity index (χ3n) is 6.75. The minimum atomic E-state index is -1.01. The summed E-state index contributed by atoms with van der Waals surface area (Å²) in [5, 5.41) is 13.0. The van der Waals surface area contributed by atoms with Crippen molar-refractivity contribution in [1.82, 2.24) is 9.55 Å². The van der Waals surface area contributed by atoms with Gasteiger partial charge in [0.1, 0.15) is 30.0 Å². The molecule has 40 heavy (non-hydrogen) atoms. The molecular weight excluding hydrogens is 506 g/mol. The summed E-state index contributed by atoms with van der Waals surface area (Å²) in [5.74, 6) is 0.993. The van der Waals surface area contributed by atoms with Crippen molar-refractivity contribution in [2.24, 2.45) is 7.05 Å². The van der Waals surface area contributed by atoms with Crippen LogP contribution in [0.25, 0.3) is 11.0 Å². The molecule has 0 saturated carbocycles. The summed E-state index contributed by atoms with van der Waals surface area (Å²) in [6, 6.07) is 28.0. The molecule has 0 fully saturated rings. The Kier molecular flexibility index (Phi) is 7.77. The Balaban J connectivity index is 1.26. The number of hydrogen-bond donors (Lipinski definition) is 2. The van der Waals surface area contributed by atoms with Gasteiger partial charge in [0.05, 0.1) is 18.1 Å². The van der Waals surface area contributed by atoms with Crippen LogP contribution in [0.15, 0.2) is 97.1 Å². The van der Waals surface area contributed by atoms with E-state index in [9.17, 15) is 14.7 Å². The lowest BCUT2D eigenvalue weighted by molar-refractivity contribution is -0.137. The molecular formula is C32H29N3O5. The Labute approximate surface area is 231 Å². The summed E-state index contributed by atoms with van der Waals surface area (Å²) in [6.45, 7) is 0.276. The van der Waals surface area contributed by atoms with Gasteiger partial charge in [-0.15, -0.1) is 0 Å². The number of anilines is 1. The summed E-state index contributed by atoms with van der Waals surface area (Å²) >= 11 is 0. The zero-order chi connectivity index (χ0) is 28.1. The normalized spacial score (nSPS) is 11.7. The fraction of sp³-hybridized carbons (Fsp3) is 0.156. The van der Waals surface area contributed by atoms with Crippen LogP contribution in [-0.4, -0.2) is 39.6 Å². The van der Waals surface area contributed by atoms with Crippen molar-refractivity contribution in [3.8, 4) is 11.5 Å². The Bertz CT molecular complexity index is 1650. The molecule has 2 N–H and O–H groups in total. The van der Waals surface area contributed by atoms with E-state index in [2.05, 4.69) is 10.3 Å². The van der Waals surface area contributed by atoms with Gasteiger partial charge in [0.15, 0.2) is 5.78 Å². The van der Waals surface area contributed by atoms with Crippen LogP contribution in [0.4, 0.5) is 5.69 Å². The average Bonchev–Trinajstić information content (AvgIpc) is 3.31. The fourth-order valence-corrected chi connectivity index (χ4v) is 4.52. The molecule has 0 aliphatic rings. The van der Waals surface area contributed by atoms with Crippen molar-refractivity contribution in [3.05, 3.63) is 120 Å².